The van der Waals surface area contributed by atoms with Crippen molar-refractivity contribution in [3.63, 3.8) is 0 Å². The van der Waals surface area contributed by atoms with Crippen LogP contribution < -0.4 is 14.8 Å². The van der Waals surface area contributed by atoms with Crippen molar-refractivity contribution < 1.29 is 14.6 Å². The second-order valence-corrected chi connectivity index (χ2v) is 4.13. The summed E-state index contributed by atoms with van der Waals surface area (Å²) in [4.78, 5) is 0. The van der Waals surface area contributed by atoms with E-state index in [2.05, 4.69) is 5.32 Å². The van der Waals surface area contributed by atoms with Crippen molar-refractivity contribution >= 4 is 0 Å². The molecule has 0 fully saturated rings. The molecule has 0 spiro atoms. The topological polar surface area (TPSA) is 50.7 Å². The fraction of sp³-hybridized carbons (Fsp3) is 0.571. The average Bonchev–Trinajstić information content (AvgIpc) is 2.43. The lowest BCUT2D eigenvalue weighted by Gasteiger charge is -2.24. The molecule has 0 aromatic heterocycles. The molecule has 0 aliphatic rings. The van der Waals surface area contributed by atoms with Gasteiger partial charge in [0, 0.05) is 17.7 Å². The number of methoxy groups -OCH3 is 2. The summed E-state index contributed by atoms with van der Waals surface area (Å²) in [6, 6.07) is 5.50. The van der Waals surface area contributed by atoms with Gasteiger partial charge < -0.3 is 19.9 Å². The number of ether oxygens (including phenoxy) is 2. The highest BCUT2D eigenvalue weighted by Gasteiger charge is 2.21. The summed E-state index contributed by atoms with van der Waals surface area (Å²) in [5.41, 5.74) is 0.783. The number of likely N-dealkylation sites (N-methyl/N-ethyl adjacent to an activating group) is 1. The fourth-order valence-electron chi connectivity index (χ4n) is 2.02. The normalized spacial score (nSPS) is 14.1. The third kappa shape index (κ3) is 3.37. The Morgan fingerprint density at radius 1 is 1.22 bits per heavy atom. The van der Waals surface area contributed by atoms with Crippen LogP contribution in [-0.2, 0) is 0 Å². The predicted octanol–water partition coefficient (Wildman–Crippen LogP) is 2.13. The number of aliphatic hydroxyl groups is 1. The number of nitrogens with one attached hydrogen (secondary N) is 1. The molecule has 1 rings (SSSR count). The van der Waals surface area contributed by atoms with Crippen molar-refractivity contribution in [3.8, 4) is 11.5 Å². The summed E-state index contributed by atoms with van der Waals surface area (Å²) in [6.45, 7) is 4.90. The maximum Gasteiger partial charge on any atom is 0.128 e. The van der Waals surface area contributed by atoms with Gasteiger partial charge in [-0.05, 0) is 25.1 Å². The monoisotopic (exact) mass is 253 g/mol. The first-order chi connectivity index (χ1) is 8.67. The van der Waals surface area contributed by atoms with Crippen LogP contribution in [0.4, 0.5) is 0 Å². The molecule has 4 heteroatoms. The van der Waals surface area contributed by atoms with E-state index >= 15 is 0 Å². The number of benzene rings is 1. The number of rotatable bonds is 7. The summed E-state index contributed by atoms with van der Waals surface area (Å²) in [7, 11) is 3.21. The predicted molar refractivity (Wildman–Crippen MR) is 72.3 cm³/mol. The molecule has 0 aliphatic heterocycles. The van der Waals surface area contributed by atoms with Crippen molar-refractivity contribution in [1.29, 1.82) is 0 Å². The number of hydrogen-bond acceptors (Lipinski definition) is 4. The van der Waals surface area contributed by atoms with Crippen LogP contribution >= 0.6 is 0 Å². The molecule has 2 N–H and O–H groups in total. The van der Waals surface area contributed by atoms with Gasteiger partial charge in [-0.15, -0.1) is 0 Å². The minimum Gasteiger partial charge on any atom is -0.497 e. The highest BCUT2D eigenvalue weighted by Crippen LogP contribution is 2.31. The minimum absolute atomic E-state index is 0.0253. The number of aliphatic hydroxyl groups excluding tert-OH is 1. The van der Waals surface area contributed by atoms with E-state index in [1.165, 1.54) is 0 Å². The summed E-state index contributed by atoms with van der Waals surface area (Å²) in [6.07, 6.45) is 0.264. The summed E-state index contributed by atoms with van der Waals surface area (Å²) in [5, 5.41) is 13.7. The molecule has 0 saturated carbocycles. The van der Waals surface area contributed by atoms with Gasteiger partial charge in [0.2, 0.25) is 0 Å². The lowest BCUT2D eigenvalue weighted by atomic mass is 9.99. The molecule has 102 valence electrons. The Morgan fingerprint density at radius 2 is 1.94 bits per heavy atom. The van der Waals surface area contributed by atoms with Gasteiger partial charge >= 0.3 is 0 Å². The van der Waals surface area contributed by atoms with Gasteiger partial charge in [-0.25, -0.2) is 0 Å². The van der Waals surface area contributed by atoms with Crippen LogP contribution in [0.15, 0.2) is 18.2 Å². The first kappa shape index (κ1) is 14.8. The van der Waals surface area contributed by atoms with Crippen LogP contribution in [-0.4, -0.2) is 31.9 Å². The Balaban J connectivity index is 2.99. The van der Waals surface area contributed by atoms with E-state index < -0.39 is 6.10 Å². The highest BCUT2D eigenvalue weighted by atomic mass is 16.5. The van der Waals surface area contributed by atoms with Crippen molar-refractivity contribution in [2.45, 2.75) is 32.4 Å². The first-order valence-corrected chi connectivity index (χ1v) is 6.31. The van der Waals surface area contributed by atoms with E-state index in [1.54, 1.807) is 20.3 Å². The Morgan fingerprint density at radius 3 is 2.44 bits per heavy atom. The van der Waals surface area contributed by atoms with Crippen molar-refractivity contribution in [3.05, 3.63) is 23.8 Å². The molecular formula is C14H23NO3. The van der Waals surface area contributed by atoms with E-state index in [0.717, 1.165) is 24.3 Å². The molecule has 18 heavy (non-hydrogen) atoms. The first-order valence-electron chi connectivity index (χ1n) is 6.31. The smallest absolute Gasteiger partial charge is 0.128 e. The number of hydrogen-bond donors (Lipinski definition) is 2. The quantitative estimate of drug-likeness (QED) is 0.781. The molecule has 1 aromatic rings. The summed E-state index contributed by atoms with van der Waals surface area (Å²) < 4.78 is 10.5. The van der Waals surface area contributed by atoms with Crippen LogP contribution in [0.5, 0.6) is 11.5 Å². The summed E-state index contributed by atoms with van der Waals surface area (Å²) in [5.74, 6) is 1.37. The Kier molecular flexibility index (Phi) is 5.95. The largest absolute Gasteiger partial charge is 0.497 e. The van der Waals surface area contributed by atoms with E-state index in [9.17, 15) is 5.11 Å². The highest BCUT2D eigenvalue weighted by molar-refractivity contribution is 5.42. The van der Waals surface area contributed by atoms with Gasteiger partial charge in [0.25, 0.3) is 0 Å². The molecule has 0 aliphatic carbocycles. The third-order valence-corrected chi connectivity index (χ3v) is 3.05. The fourth-order valence-corrected chi connectivity index (χ4v) is 2.02. The Hall–Kier alpha value is -1.26. The van der Waals surface area contributed by atoms with E-state index in [0.29, 0.717) is 5.75 Å². The van der Waals surface area contributed by atoms with Gasteiger partial charge in [-0.1, -0.05) is 13.8 Å². The lowest BCUT2D eigenvalue weighted by Crippen LogP contribution is -2.34. The van der Waals surface area contributed by atoms with Gasteiger partial charge in [0.15, 0.2) is 0 Å². The van der Waals surface area contributed by atoms with Crippen LogP contribution in [0.2, 0.25) is 0 Å². The van der Waals surface area contributed by atoms with Crippen molar-refractivity contribution in [2.24, 2.45) is 0 Å². The minimum atomic E-state index is -0.587. The standard InChI is InChI=1S/C14H23NO3/c1-5-12(15-6-2)14(16)11-8-7-10(17-3)9-13(11)18-4/h7-9,12,14-16H,5-6H2,1-4H3. The Labute approximate surface area is 109 Å². The van der Waals surface area contributed by atoms with Crippen LogP contribution in [0.3, 0.4) is 0 Å². The zero-order chi connectivity index (χ0) is 13.5. The van der Waals surface area contributed by atoms with Crippen molar-refractivity contribution in [2.75, 3.05) is 20.8 Å². The van der Waals surface area contributed by atoms with Crippen LogP contribution in [0.25, 0.3) is 0 Å². The molecule has 0 amide bonds. The SMILES string of the molecule is CCNC(CC)C(O)c1ccc(OC)cc1OC. The molecule has 1 aromatic carbocycles. The maximum atomic E-state index is 10.4. The Bertz CT molecular complexity index is 368. The van der Waals surface area contributed by atoms with E-state index in [-0.39, 0.29) is 6.04 Å². The summed E-state index contributed by atoms with van der Waals surface area (Å²) >= 11 is 0. The lowest BCUT2D eigenvalue weighted by molar-refractivity contribution is 0.124. The zero-order valence-electron chi connectivity index (χ0n) is 11.6. The second-order valence-electron chi connectivity index (χ2n) is 4.13. The molecular weight excluding hydrogens is 230 g/mol. The van der Waals surface area contributed by atoms with Crippen LogP contribution in [0.1, 0.15) is 31.9 Å². The van der Waals surface area contributed by atoms with Crippen LogP contribution in [0, 0.1) is 0 Å². The van der Waals surface area contributed by atoms with Gasteiger partial charge in [0.05, 0.1) is 20.3 Å². The van der Waals surface area contributed by atoms with Gasteiger partial charge in [-0.3, -0.25) is 0 Å². The van der Waals surface area contributed by atoms with Gasteiger partial charge in [0.1, 0.15) is 11.5 Å². The molecule has 2 atom stereocenters. The maximum absolute atomic E-state index is 10.4. The second kappa shape index (κ2) is 7.24. The average molecular weight is 253 g/mol. The molecule has 2 unspecified atom stereocenters. The van der Waals surface area contributed by atoms with Gasteiger partial charge in [-0.2, -0.15) is 0 Å². The molecule has 0 saturated heterocycles. The molecule has 0 radical (unpaired) electrons. The molecule has 0 bridgehead atoms. The molecule has 0 heterocycles. The van der Waals surface area contributed by atoms with E-state index in [4.69, 9.17) is 9.47 Å². The zero-order valence-corrected chi connectivity index (χ0v) is 11.6. The van der Waals surface area contributed by atoms with E-state index in [1.807, 2.05) is 26.0 Å². The van der Waals surface area contributed by atoms with Crippen molar-refractivity contribution in [1.82, 2.24) is 5.32 Å². The molecule has 4 nitrogen and oxygen atoms in total. The third-order valence-electron chi connectivity index (χ3n) is 3.05.